The van der Waals surface area contributed by atoms with Crippen LogP contribution in [0.2, 0.25) is 5.02 Å². The molecule has 0 spiro atoms. The van der Waals surface area contributed by atoms with Crippen LogP contribution in [0.4, 0.5) is 0 Å². The van der Waals surface area contributed by atoms with E-state index in [9.17, 15) is 23.1 Å². The number of aromatic nitrogens is 3. The van der Waals surface area contributed by atoms with Gasteiger partial charge in [0, 0.05) is 51.4 Å². The number of hydrogen-bond donors (Lipinski definition) is 2. The maximum atomic E-state index is 13.7. The highest BCUT2D eigenvalue weighted by Gasteiger charge is 2.39. The number of benzene rings is 1. The van der Waals surface area contributed by atoms with Gasteiger partial charge in [0.2, 0.25) is 10.0 Å². The first kappa shape index (κ1) is 26.9. The number of hydrogen-bond acceptors (Lipinski definition) is 7. The summed E-state index contributed by atoms with van der Waals surface area (Å²) >= 11 is 6.81. The third-order valence-electron chi connectivity index (χ3n) is 7.38. The quantitative estimate of drug-likeness (QED) is 0.445. The molecule has 2 aliphatic rings. The first-order valence-electron chi connectivity index (χ1n) is 12.8. The molecule has 2 saturated heterocycles. The number of halogens is 1. The summed E-state index contributed by atoms with van der Waals surface area (Å²) in [5, 5.41) is 10.2. The van der Waals surface area contributed by atoms with Crippen LogP contribution in [0.25, 0.3) is 22.3 Å². The van der Waals surface area contributed by atoms with Crippen LogP contribution in [-0.4, -0.2) is 81.8 Å². The number of rotatable bonds is 7. The number of aliphatic hydroxyl groups is 1. The van der Waals surface area contributed by atoms with Crippen LogP contribution < -0.4 is 16.0 Å². The van der Waals surface area contributed by atoms with Crippen LogP contribution in [0.5, 0.6) is 5.75 Å². The highest BCUT2D eigenvalue weighted by Crippen LogP contribution is 2.40. The molecule has 38 heavy (non-hydrogen) atoms. The van der Waals surface area contributed by atoms with Crippen molar-refractivity contribution in [2.45, 2.75) is 50.3 Å². The number of nitrogens with one attached hydrogen (secondary N) is 1. The lowest BCUT2D eigenvalue weighted by Crippen LogP contribution is -2.51. The second-order valence-electron chi connectivity index (χ2n) is 9.83. The molecule has 2 aromatic heterocycles. The highest BCUT2D eigenvalue weighted by molar-refractivity contribution is 7.89. The summed E-state index contributed by atoms with van der Waals surface area (Å²) in [6.07, 6.45) is 0.745. The van der Waals surface area contributed by atoms with E-state index in [-0.39, 0.29) is 27.0 Å². The molecule has 2 fully saturated rings. The van der Waals surface area contributed by atoms with Gasteiger partial charge in [0.15, 0.2) is 0 Å². The molecule has 0 radical (unpaired) electrons. The van der Waals surface area contributed by atoms with E-state index < -0.39 is 27.4 Å². The largest absolute Gasteiger partial charge is 0.493 e. The molecule has 1 aromatic carbocycles. The Kier molecular flexibility index (Phi) is 7.20. The van der Waals surface area contributed by atoms with Crippen LogP contribution in [0, 0.1) is 0 Å². The zero-order valence-electron chi connectivity index (χ0n) is 21.6. The minimum Gasteiger partial charge on any atom is -0.493 e. The van der Waals surface area contributed by atoms with E-state index in [1.54, 1.807) is 6.07 Å². The van der Waals surface area contributed by atoms with E-state index in [2.05, 4.69) is 9.88 Å². The summed E-state index contributed by atoms with van der Waals surface area (Å²) in [4.78, 5) is 31.1. The second-order valence-corrected chi connectivity index (χ2v) is 12.1. The third-order valence-corrected chi connectivity index (χ3v) is 9.61. The third kappa shape index (κ3) is 4.37. The molecule has 2 aliphatic heterocycles. The van der Waals surface area contributed by atoms with E-state index in [1.165, 1.54) is 28.1 Å². The lowest BCUT2D eigenvalue weighted by atomic mass is 10.1. The van der Waals surface area contributed by atoms with Crippen molar-refractivity contribution in [3.05, 3.63) is 44.1 Å². The first-order chi connectivity index (χ1) is 18.1. The minimum absolute atomic E-state index is 0.0228. The van der Waals surface area contributed by atoms with Crippen LogP contribution in [0.3, 0.4) is 0 Å². The monoisotopic (exact) mass is 565 g/mol. The van der Waals surface area contributed by atoms with Gasteiger partial charge in [-0.1, -0.05) is 18.5 Å². The van der Waals surface area contributed by atoms with Crippen molar-refractivity contribution >= 4 is 32.7 Å². The molecular weight excluding hydrogens is 534 g/mol. The summed E-state index contributed by atoms with van der Waals surface area (Å²) in [6, 6.07) is 4.56. The van der Waals surface area contributed by atoms with Gasteiger partial charge in [-0.3, -0.25) is 18.8 Å². The van der Waals surface area contributed by atoms with Gasteiger partial charge in [-0.05, 0) is 38.0 Å². The van der Waals surface area contributed by atoms with Crippen molar-refractivity contribution in [2.75, 3.05) is 32.8 Å². The summed E-state index contributed by atoms with van der Waals surface area (Å²) in [5.41, 5.74) is 0.119. The molecule has 4 heterocycles. The summed E-state index contributed by atoms with van der Waals surface area (Å²) in [6.45, 7) is 6.14. The predicted molar refractivity (Wildman–Crippen MR) is 144 cm³/mol. The van der Waals surface area contributed by atoms with Gasteiger partial charge in [-0.15, -0.1) is 0 Å². The van der Waals surface area contributed by atoms with Gasteiger partial charge in [-0.25, -0.2) is 13.2 Å². The Morgan fingerprint density at radius 1 is 1.18 bits per heavy atom. The summed E-state index contributed by atoms with van der Waals surface area (Å²) < 4.78 is 37.2. The first-order valence-corrected chi connectivity index (χ1v) is 14.6. The SMILES string of the molecule is CCCn1c(=O)n(C)c(=O)c2[nH]c(-c3cc(S(=O)(=O)N4CCN5C[C@H](O)C[C@H]5C4)ccc3OCC)c(Cl)c21. The fraction of sp³-hybridized carbons (Fsp3) is 0.520. The Morgan fingerprint density at radius 2 is 1.95 bits per heavy atom. The van der Waals surface area contributed by atoms with Gasteiger partial charge in [-0.2, -0.15) is 4.31 Å². The normalized spacial score (nSPS) is 20.8. The second kappa shape index (κ2) is 10.2. The average molecular weight is 566 g/mol. The van der Waals surface area contributed by atoms with Crippen LogP contribution in [0.15, 0.2) is 32.7 Å². The van der Waals surface area contributed by atoms with Gasteiger partial charge < -0.3 is 14.8 Å². The number of fused-ring (bicyclic) bond motifs is 2. The van der Waals surface area contributed by atoms with E-state index >= 15 is 0 Å². The number of H-pyrrole nitrogens is 1. The Morgan fingerprint density at radius 3 is 2.66 bits per heavy atom. The Labute approximate surface area is 225 Å². The van der Waals surface area contributed by atoms with E-state index in [0.29, 0.717) is 69.2 Å². The zero-order valence-corrected chi connectivity index (χ0v) is 23.2. The molecule has 13 heteroatoms. The summed E-state index contributed by atoms with van der Waals surface area (Å²) in [7, 11) is -2.46. The molecule has 2 atom stereocenters. The van der Waals surface area contributed by atoms with Crippen molar-refractivity contribution in [3.8, 4) is 17.0 Å². The van der Waals surface area contributed by atoms with Crippen molar-refractivity contribution in [2.24, 2.45) is 7.05 Å². The standard InChI is InChI=1S/C25H32ClN5O6S/c1-4-8-31-23-20(26)21(27-22(23)24(33)28(3)25(31)34)18-12-17(6-7-19(18)37-5-2)38(35,36)30-10-9-29-14-16(32)11-15(29)13-30/h6-7,12,15-16,27,32H,4-5,8-11,13-14H2,1-3H3/t15-,16+/m0/s1. The van der Waals surface area contributed by atoms with E-state index in [4.69, 9.17) is 16.3 Å². The molecule has 0 bridgehead atoms. The Balaban J connectivity index is 1.64. The molecular formula is C25H32ClN5O6S. The maximum absolute atomic E-state index is 13.7. The molecule has 3 aromatic rings. The number of aryl methyl sites for hydroxylation is 1. The predicted octanol–water partition coefficient (Wildman–Crippen LogP) is 1.60. The van der Waals surface area contributed by atoms with Crippen LogP contribution >= 0.6 is 11.6 Å². The van der Waals surface area contributed by atoms with Gasteiger partial charge in [0.25, 0.3) is 5.56 Å². The van der Waals surface area contributed by atoms with Gasteiger partial charge in [0.1, 0.15) is 11.3 Å². The lowest BCUT2D eigenvalue weighted by molar-refractivity contribution is 0.147. The number of sulfonamides is 1. The van der Waals surface area contributed by atoms with Crippen molar-refractivity contribution < 1.29 is 18.3 Å². The molecule has 11 nitrogen and oxygen atoms in total. The molecule has 0 saturated carbocycles. The van der Waals surface area contributed by atoms with Crippen molar-refractivity contribution in [1.29, 1.82) is 0 Å². The fourth-order valence-corrected chi connectivity index (χ4v) is 7.37. The maximum Gasteiger partial charge on any atom is 0.331 e. The number of ether oxygens (including phenoxy) is 1. The number of nitrogens with zero attached hydrogens (tertiary/aromatic N) is 4. The molecule has 0 amide bonds. The number of piperazine rings is 1. The topological polar surface area (TPSA) is 130 Å². The summed E-state index contributed by atoms with van der Waals surface area (Å²) in [5.74, 6) is 0.393. The molecule has 5 rings (SSSR count). The number of aromatic amines is 1. The van der Waals surface area contributed by atoms with Crippen molar-refractivity contribution in [3.63, 3.8) is 0 Å². The van der Waals surface area contributed by atoms with Crippen molar-refractivity contribution in [1.82, 2.24) is 23.3 Å². The van der Waals surface area contributed by atoms with Crippen LogP contribution in [-0.2, 0) is 23.6 Å². The smallest absolute Gasteiger partial charge is 0.331 e. The molecule has 206 valence electrons. The molecule has 2 N–H and O–H groups in total. The average Bonchev–Trinajstić information content (AvgIpc) is 3.44. The fourth-order valence-electron chi connectivity index (χ4n) is 5.52. The van der Waals surface area contributed by atoms with E-state index in [0.717, 1.165) is 4.57 Å². The van der Waals surface area contributed by atoms with Gasteiger partial charge in [0.05, 0.1) is 33.8 Å². The minimum atomic E-state index is -3.87. The van der Waals surface area contributed by atoms with Crippen LogP contribution in [0.1, 0.15) is 26.7 Å². The van der Waals surface area contributed by atoms with Gasteiger partial charge >= 0.3 is 5.69 Å². The lowest BCUT2D eigenvalue weighted by Gasteiger charge is -2.36. The zero-order chi connectivity index (χ0) is 27.4. The Hall–Kier alpha value is -2.64. The van der Waals surface area contributed by atoms with E-state index in [1.807, 2.05) is 13.8 Å². The highest BCUT2D eigenvalue weighted by atomic mass is 35.5. The Bertz CT molecular complexity index is 1610. The molecule has 0 aliphatic carbocycles. The molecule has 0 unspecified atom stereocenters. The number of aliphatic hydroxyl groups excluding tert-OH is 1.